The van der Waals surface area contributed by atoms with Crippen LogP contribution in [0.1, 0.15) is 30.8 Å². The van der Waals surface area contributed by atoms with Gasteiger partial charge in [-0.2, -0.15) is 0 Å². The second kappa shape index (κ2) is 5.34. The number of amides is 1. The van der Waals surface area contributed by atoms with Crippen molar-refractivity contribution in [3.63, 3.8) is 0 Å². The molecule has 1 heterocycles. The predicted octanol–water partition coefficient (Wildman–Crippen LogP) is 2.59. The summed E-state index contributed by atoms with van der Waals surface area (Å²) < 4.78 is 6.11. The van der Waals surface area contributed by atoms with Crippen molar-refractivity contribution in [2.24, 2.45) is 5.41 Å². The van der Waals surface area contributed by atoms with Crippen molar-refractivity contribution in [1.82, 2.24) is 10.3 Å². The monoisotopic (exact) mass is 300 g/mol. The highest BCUT2D eigenvalue weighted by molar-refractivity contribution is 7.73. The Labute approximate surface area is 122 Å². The van der Waals surface area contributed by atoms with Gasteiger partial charge < -0.3 is 15.0 Å². The van der Waals surface area contributed by atoms with Crippen molar-refractivity contribution >= 4 is 29.5 Å². The number of H-pyrrole nitrogens is 1. The summed E-state index contributed by atoms with van der Waals surface area (Å²) in [5, 5.41) is 3.10. The molecule has 1 amide bonds. The Morgan fingerprint density at radius 1 is 1.63 bits per heavy atom. The van der Waals surface area contributed by atoms with Crippen LogP contribution in [0.15, 0.2) is 0 Å². The summed E-state index contributed by atoms with van der Waals surface area (Å²) in [6, 6.07) is 0.192. The van der Waals surface area contributed by atoms with Crippen molar-refractivity contribution in [2.45, 2.75) is 45.8 Å². The molecule has 4 nitrogen and oxygen atoms in total. The van der Waals surface area contributed by atoms with Crippen LogP contribution in [0, 0.1) is 16.3 Å². The van der Waals surface area contributed by atoms with E-state index in [1.807, 2.05) is 6.92 Å². The van der Waals surface area contributed by atoms with Crippen molar-refractivity contribution in [3.05, 3.63) is 14.5 Å². The van der Waals surface area contributed by atoms with Crippen LogP contribution in [-0.4, -0.2) is 30.1 Å². The van der Waals surface area contributed by atoms with Crippen LogP contribution in [0.2, 0.25) is 0 Å². The van der Waals surface area contributed by atoms with Gasteiger partial charge in [-0.25, -0.2) is 0 Å². The fourth-order valence-corrected chi connectivity index (χ4v) is 3.82. The van der Waals surface area contributed by atoms with Crippen LogP contribution in [0.25, 0.3) is 0 Å². The average molecular weight is 300 g/mol. The first-order chi connectivity index (χ1) is 8.84. The van der Waals surface area contributed by atoms with Crippen molar-refractivity contribution in [2.75, 3.05) is 7.11 Å². The molecule has 2 atom stereocenters. The Hall–Kier alpha value is -0.720. The minimum atomic E-state index is 0.00417. The number of methoxy groups -OCH3 is 1. The molecule has 1 aliphatic rings. The van der Waals surface area contributed by atoms with E-state index in [2.05, 4.69) is 24.1 Å². The quantitative estimate of drug-likeness (QED) is 0.840. The number of rotatable bonds is 4. The second-order valence-electron chi connectivity index (χ2n) is 5.64. The third kappa shape index (κ3) is 2.90. The topological polar surface area (TPSA) is 54.1 Å². The number of nitrogens with one attached hydrogen (secondary N) is 2. The molecule has 1 aromatic heterocycles. The first-order valence-electron chi connectivity index (χ1n) is 6.35. The molecule has 0 spiro atoms. The van der Waals surface area contributed by atoms with Crippen LogP contribution >= 0.6 is 23.6 Å². The lowest BCUT2D eigenvalue weighted by molar-refractivity contribution is -0.132. The number of aryl methyl sites for hydroxylation is 1. The number of hydrogen-bond acceptors (Lipinski definition) is 4. The van der Waals surface area contributed by atoms with Gasteiger partial charge in [0.2, 0.25) is 5.91 Å². The van der Waals surface area contributed by atoms with E-state index in [-0.39, 0.29) is 23.5 Å². The summed E-state index contributed by atoms with van der Waals surface area (Å²) in [6.45, 7) is 6.20. The van der Waals surface area contributed by atoms with Gasteiger partial charge in [0.1, 0.15) is 0 Å². The summed E-state index contributed by atoms with van der Waals surface area (Å²) in [6.07, 6.45) is 1.51. The Kier molecular flexibility index (Phi) is 4.13. The smallest absolute Gasteiger partial charge is 0.225 e. The normalized spacial score (nSPS) is 24.8. The van der Waals surface area contributed by atoms with Crippen LogP contribution in [0.3, 0.4) is 0 Å². The molecule has 2 unspecified atom stereocenters. The molecule has 0 saturated heterocycles. The van der Waals surface area contributed by atoms with Crippen LogP contribution in [-0.2, 0) is 16.0 Å². The van der Waals surface area contributed by atoms with E-state index in [1.165, 1.54) is 11.3 Å². The molecule has 0 aromatic carbocycles. The van der Waals surface area contributed by atoms with Crippen molar-refractivity contribution < 1.29 is 9.53 Å². The fraction of sp³-hybridized carbons (Fsp3) is 0.692. The van der Waals surface area contributed by atoms with Crippen molar-refractivity contribution in [3.8, 4) is 0 Å². The number of carbonyl (C=O) groups excluding carboxylic acids is 1. The summed E-state index contributed by atoms with van der Waals surface area (Å²) in [5.74, 6) is 0.0565. The lowest BCUT2D eigenvalue weighted by Gasteiger charge is -2.51. The Morgan fingerprint density at radius 3 is 2.79 bits per heavy atom. The van der Waals surface area contributed by atoms with Crippen LogP contribution in [0.4, 0.5) is 0 Å². The first kappa shape index (κ1) is 14.7. The highest BCUT2D eigenvalue weighted by atomic mass is 32.1. The van der Waals surface area contributed by atoms with Gasteiger partial charge in [-0.1, -0.05) is 13.8 Å². The van der Waals surface area contributed by atoms with Gasteiger partial charge in [-0.3, -0.25) is 4.79 Å². The minimum absolute atomic E-state index is 0.00417. The number of hydrogen-bond donors (Lipinski definition) is 2. The van der Waals surface area contributed by atoms with Crippen LogP contribution < -0.4 is 5.32 Å². The molecule has 2 rings (SSSR count). The van der Waals surface area contributed by atoms with E-state index >= 15 is 0 Å². The zero-order valence-corrected chi connectivity index (χ0v) is 13.3. The lowest BCUT2D eigenvalue weighted by Crippen LogP contribution is -2.61. The second-order valence-corrected chi connectivity index (χ2v) is 7.41. The average Bonchev–Trinajstić information content (AvgIpc) is 2.62. The standard InChI is InChI=1S/C13H20N2O2S2/c1-7-8(19-12(18)14-7)5-11(16)15-9-6-10(17-4)13(9,2)3/h9-10H,5-6H2,1-4H3,(H,14,18)(H,15,16). The van der Waals surface area contributed by atoms with E-state index in [4.69, 9.17) is 17.0 Å². The molecule has 1 fully saturated rings. The highest BCUT2D eigenvalue weighted by Crippen LogP contribution is 2.42. The third-order valence-electron chi connectivity index (χ3n) is 4.04. The molecular weight excluding hydrogens is 280 g/mol. The van der Waals surface area contributed by atoms with E-state index in [0.717, 1.165) is 20.9 Å². The minimum Gasteiger partial charge on any atom is -0.381 e. The van der Waals surface area contributed by atoms with E-state index in [0.29, 0.717) is 6.42 Å². The molecule has 6 heteroatoms. The fourth-order valence-electron chi connectivity index (χ4n) is 2.53. The Balaban J connectivity index is 1.93. The predicted molar refractivity (Wildman–Crippen MR) is 79.1 cm³/mol. The zero-order chi connectivity index (χ0) is 14.2. The van der Waals surface area contributed by atoms with Gasteiger partial charge >= 0.3 is 0 Å². The summed E-state index contributed by atoms with van der Waals surface area (Å²) in [5.41, 5.74) is 0.997. The summed E-state index contributed by atoms with van der Waals surface area (Å²) >= 11 is 6.55. The molecule has 106 valence electrons. The number of carbonyl (C=O) groups is 1. The molecule has 2 N–H and O–H groups in total. The summed E-state index contributed by atoms with van der Waals surface area (Å²) in [4.78, 5) is 16.1. The van der Waals surface area contributed by atoms with E-state index < -0.39 is 0 Å². The molecular formula is C13H20N2O2S2. The van der Waals surface area contributed by atoms with Gasteiger partial charge in [-0.05, 0) is 25.6 Å². The van der Waals surface area contributed by atoms with Gasteiger partial charge in [0.25, 0.3) is 0 Å². The van der Waals surface area contributed by atoms with Gasteiger partial charge in [0.15, 0.2) is 3.95 Å². The molecule has 1 saturated carbocycles. The molecule has 1 aromatic rings. The SMILES string of the molecule is COC1CC(NC(=O)Cc2sc(=S)[nH]c2C)C1(C)C. The molecule has 0 bridgehead atoms. The van der Waals surface area contributed by atoms with Gasteiger partial charge in [-0.15, -0.1) is 11.3 Å². The molecule has 19 heavy (non-hydrogen) atoms. The first-order valence-corrected chi connectivity index (χ1v) is 7.57. The lowest BCUT2D eigenvalue weighted by atomic mass is 9.64. The summed E-state index contributed by atoms with van der Waals surface area (Å²) in [7, 11) is 1.72. The third-order valence-corrected chi connectivity index (χ3v) is 5.38. The van der Waals surface area contributed by atoms with E-state index in [9.17, 15) is 4.79 Å². The highest BCUT2D eigenvalue weighted by Gasteiger charge is 2.49. The maximum atomic E-state index is 12.1. The maximum absolute atomic E-state index is 12.1. The zero-order valence-electron chi connectivity index (χ0n) is 11.7. The number of aromatic nitrogens is 1. The number of ether oxygens (including phenoxy) is 1. The molecule has 0 radical (unpaired) electrons. The number of thiazole rings is 1. The Morgan fingerprint density at radius 2 is 2.32 bits per heavy atom. The molecule has 1 aliphatic carbocycles. The Bertz CT molecular complexity index is 533. The number of aromatic amines is 1. The van der Waals surface area contributed by atoms with Gasteiger partial charge in [0.05, 0.1) is 12.5 Å². The molecule has 0 aliphatic heterocycles. The van der Waals surface area contributed by atoms with Crippen LogP contribution in [0.5, 0.6) is 0 Å². The largest absolute Gasteiger partial charge is 0.381 e. The maximum Gasteiger partial charge on any atom is 0.225 e. The van der Waals surface area contributed by atoms with E-state index in [1.54, 1.807) is 7.11 Å². The van der Waals surface area contributed by atoms with Gasteiger partial charge in [0, 0.05) is 29.1 Å². The van der Waals surface area contributed by atoms with Crippen molar-refractivity contribution in [1.29, 1.82) is 0 Å².